The van der Waals surface area contributed by atoms with Gasteiger partial charge in [0.25, 0.3) is 0 Å². The summed E-state index contributed by atoms with van der Waals surface area (Å²) in [6, 6.07) is 15.5. The molecule has 0 bridgehead atoms. The average Bonchev–Trinajstić information content (AvgIpc) is 3.11. The summed E-state index contributed by atoms with van der Waals surface area (Å²) in [7, 11) is 0. The van der Waals surface area contributed by atoms with Gasteiger partial charge in [-0.3, -0.25) is 9.59 Å². The molecule has 1 saturated carbocycles. The average molecular weight is 451 g/mol. The molecule has 0 unspecified atom stereocenters. The third-order valence-corrected chi connectivity index (χ3v) is 6.62. The number of carbonyl (C=O) groups is 3. The summed E-state index contributed by atoms with van der Waals surface area (Å²) >= 11 is 0. The Kier molecular flexibility index (Phi) is 6.96. The second kappa shape index (κ2) is 10.1. The number of amides is 2. The first-order valence-corrected chi connectivity index (χ1v) is 11.6. The van der Waals surface area contributed by atoms with Crippen LogP contribution in [0, 0.1) is 5.92 Å². The third kappa shape index (κ3) is 5.18. The van der Waals surface area contributed by atoms with E-state index in [-0.39, 0.29) is 30.9 Å². The second-order valence-corrected chi connectivity index (χ2v) is 8.97. The Morgan fingerprint density at radius 3 is 2.24 bits per heavy atom. The molecule has 0 spiro atoms. The van der Waals surface area contributed by atoms with E-state index >= 15 is 0 Å². The van der Waals surface area contributed by atoms with E-state index in [9.17, 15) is 14.4 Å². The van der Waals surface area contributed by atoms with Gasteiger partial charge < -0.3 is 20.5 Å². The minimum absolute atomic E-state index is 0.0227. The topological polar surface area (TPSA) is 105 Å². The molecule has 0 aromatic heterocycles. The number of carboxylic acids is 1. The van der Waals surface area contributed by atoms with Crippen molar-refractivity contribution in [2.75, 3.05) is 6.61 Å². The van der Waals surface area contributed by atoms with Crippen LogP contribution in [0.25, 0.3) is 11.1 Å². The van der Waals surface area contributed by atoms with Gasteiger partial charge in [-0.2, -0.15) is 0 Å². The number of alkyl carbamates (subject to hydrolysis) is 1. The highest BCUT2D eigenvalue weighted by Crippen LogP contribution is 2.44. The van der Waals surface area contributed by atoms with E-state index in [1.807, 2.05) is 24.3 Å². The molecular formula is C26H30N2O5. The lowest BCUT2D eigenvalue weighted by atomic mass is 9.83. The molecule has 3 N–H and O–H groups in total. The molecule has 0 aliphatic heterocycles. The van der Waals surface area contributed by atoms with Crippen LogP contribution in [0.4, 0.5) is 4.79 Å². The number of benzene rings is 2. The molecular weight excluding hydrogens is 420 g/mol. The van der Waals surface area contributed by atoms with Gasteiger partial charge in [0.05, 0.1) is 12.3 Å². The Morgan fingerprint density at radius 2 is 1.61 bits per heavy atom. The SMILES string of the molecule is C[C@H](CC(=O)O)NC(=O)[C@@H]1CCCC[C@@H]1NC(=O)OCC1c2ccccc2-c2ccccc21. The van der Waals surface area contributed by atoms with Crippen LogP contribution in [0.3, 0.4) is 0 Å². The van der Waals surface area contributed by atoms with Crippen molar-refractivity contribution in [2.24, 2.45) is 5.92 Å². The predicted octanol–water partition coefficient (Wildman–Crippen LogP) is 4.06. The number of hydrogen-bond acceptors (Lipinski definition) is 4. The van der Waals surface area contributed by atoms with Crippen molar-refractivity contribution >= 4 is 18.0 Å². The van der Waals surface area contributed by atoms with Gasteiger partial charge in [0.15, 0.2) is 0 Å². The van der Waals surface area contributed by atoms with Crippen molar-refractivity contribution in [3.05, 3.63) is 59.7 Å². The fourth-order valence-corrected chi connectivity index (χ4v) is 5.07. The Hall–Kier alpha value is -3.35. The predicted molar refractivity (Wildman–Crippen MR) is 124 cm³/mol. The fraction of sp³-hybridized carbons (Fsp3) is 0.423. The van der Waals surface area contributed by atoms with E-state index in [2.05, 4.69) is 34.9 Å². The van der Waals surface area contributed by atoms with Gasteiger partial charge in [0, 0.05) is 18.0 Å². The van der Waals surface area contributed by atoms with Crippen LogP contribution < -0.4 is 10.6 Å². The minimum atomic E-state index is -0.959. The summed E-state index contributed by atoms with van der Waals surface area (Å²) in [6.45, 7) is 1.89. The van der Waals surface area contributed by atoms with Crippen molar-refractivity contribution in [3.8, 4) is 11.1 Å². The lowest BCUT2D eigenvalue weighted by molar-refractivity contribution is -0.137. The second-order valence-electron chi connectivity index (χ2n) is 8.97. The van der Waals surface area contributed by atoms with Gasteiger partial charge in [0.2, 0.25) is 5.91 Å². The molecule has 7 heteroatoms. The maximum atomic E-state index is 12.7. The highest BCUT2D eigenvalue weighted by atomic mass is 16.5. The zero-order chi connectivity index (χ0) is 23.4. The van der Waals surface area contributed by atoms with Crippen LogP contribution in [0.1, 0.15) is 56.1 Å². The van der Waals surface area contributed by atoms with Gasteiger partial charge in [-0.05, 0) is 42.0 Å². The van der Waals surface area contributed by atoms with Crippen LogP contribution in [0.15, 0.2) is 48.5 Å². The first kappa shape index (κ1) is 22.8. The van der Waals surface area contributed by atoms with Gasteiger partial charge in [-0.1, -0.05) is 61.4 Å². The maximum absolute atomic E-state index is 12.7. The lowest BCUT2D eigenvalue weighted by Gasteiger charge is -2.31. The molecule has 7 nitrogen and oxygen atoms in total. The first-order chi connectivity index (χ1) is 15.9. The Bertz CT molecular complexity index is 991. The molecule has 0 radical (unpaired) electrons. The molecule has 33 heavy (non-hydrogen) atoms. The molecule has 174 valence electrons. The molecule has 2 aromatic carbocycles. The number of ether oxygens (including phenoxy) is 1. The van der Waals surface area contributed by atoms with E-state index in [0.717, 1.165) is 24.0 Å². The van der Waals surface area contributed by atoms with Gasteiger partial charge in [-0.15, -0.1) is 0 Å². The van der Waals surface area contributed by atoms with E-state index in [4.69, 9.17) is 9.84 Å². The first-order valence-electron chi connectivity index (χ1n) is 11.6. The molecule has 0 saturated heterocycles. The zero-order valence-electron chi connectivity index (χ0n) is 18.8. The number of rotatable bonds is 7. The number of fused-ring (bicyclic) bond motifs is 3. The summed E-state index contributed by atoms with van der Waals surface area (Å²) in [5.74, 6) is -1.59. The highest BCUT2D eigenvalue weighted by Gasteiger charge is 2.34. The normalized spacial score (nSPS) is 20.3. The van der Waals surface area contributed by atoms with E-state index in [0.29, 0.717) is 12.8 Å². The Labute approximate surface area is 193 Å². The molecule has 2 amide bonds. The van der Waals surface area contributed by atoms with Crippen molar-refractivity contribution in [3.63, 3.8) is 0 Å². The fourth-order valence-electron chi connectivity index (χ4n) is 5.07. The third-order valence-electron chi connectivity index (χ3n) is 6.62. The lowest BCUT2D eigenvalue weighted by Crippen LogP contribution is -2.50. The van der Waals surface area contributed by atoms with Crippen LogP contribution in [-0.2, 0) is 14.3 Å². The molecule has 2 aliphatic rings. The van der Waals surface area contributed by atoms with E-state index < -0.39 is 24.0 Å². The summed E-state index contributed by atoms with van der Waals surface area (Å²) in [6.07, 6.45) is 2.50. The summed E-state index contributed by atoms with van der Waals surface area (Å²) in [4.78, 5) is 36.3. The number of aliphatic carboxylic acids is 1. The molecule has 2 aromatic rings. The van der Waals surface area contributed by atoms with Crippen LogP contribution in [0.5, 0.6) is 0 Å². The number of carbonyl (C=O) groups excluding carboxylic acids is 2. The Balaban J connectivity index is 1.37. The largest absolute Gasteiger partial charge is 0.481 e. The molecule has 4 rings (SSSR count). The number of carboxylic acid groups (broad SMARTS) is 1. The molecule has 2 aliphatic carbocycles. The quantitative estimate of drug-likeness (QED) is 0.590. The van der Waals surface area contributed by atoms with Crippen molar-refractivity contribution < 1.29 is 24.2 Å². The monoisotopic (exact) mass is 450 g/mol. The number of hydrogen-bond donors (Lipinski definition) is 3. The van der Waals surface area contributed by atoms with Crippen LogP contribution in [0.2, 0.25) is 0 Å². The van der Waals surface area contributed by atoms with Crippen molar-refractivity contribution in [1.29, 1.82) is 0 Å². The highest BCUT2D eigenvalue weighted by molar-refractivity contribution is 5.82. The van der Waals surface area contributed by atoms with Crippen molar-refractivity contribution in [1.82, 2.24) is 10.6 Å². The summed E-state index contributed by atoms with van der Waals surface area (Å²) in [5, 5.41) is 14.6. The zero-order valence-corrected chi connectivity index (χ0v) is 18.8. The summed E-state index contributed by atoms with van der Waals surface area (Å²) in [5.41, 5.74) is 4.63. The van der Waals surface area contributed by atoms with Gasteiger partial charge in [0.1, 0.15) is 6.61 Å². The standard InChI is InChI=1S/C26H30N2O5/c1-16(14-24(29)30)27-25(31)21-12-6-7-13-23(21)28-26(32)33-15-22-19-10-4-2-8-17(19)18-9-3-5-11-20(18)22/h2-5,8-11,16,21-23H,6-7,12-15H2,1H3,(H,27,31)(H,28,32)(H,29,30)/t16-,21-,23+/m1/s1. The van der Waals surface area contributed by atoms with E-state index in [1.165, 1.54) is 11.1 Å². The van der Waals surface area contributed by atoms with Crippen molar-refractivity contribution in [2.45, 2.75) is 57.0 Å². The van der Waals surface area contributed by atoms with E-state index in [1.54, 1.807) is 6.92 Å². The Morgan fingerprint density at radius 1 is 1.00 bits per heavy atom. The van der Waals surface area contributed by atoms with Crippen LogP contribution >= 0.6 is 0 Å². The minimum Gasteiger partial charge on any atom is -0.481 e. The van der Waals surface area contributed by atoms with Gasteiger partial charge >= 0.3 is 12.1 Å². The maximum Gasteiger partial charge on any atom is 0.407 e. The smallest absolute Gasteiger partial charge is 0.407 e. The number of nitrogens with one attached hydrogen (secondary N) is 2. The molecule has 1 fully saturated rings. The molecule has 3 atom stereocenters. The van der Waals surface area contributed by atoms with Gasteiger partial charge in [-0.25, -0.2) is 4.79 Å². The summed E-state index contributed by atoms with van der Waals surface area (Å²) < 4.78 is 5.64. The van der Waals surface area contributed by atoms with Crippen LogP contribution in [-0.4, -0.2) is 41.8 Å². The molecule has 0 heterocycles.